The molecule has 0 spiro atoms. The van der Waals surface area contributed by atoms with Gasteiger partial charge in [-0.2, -0.15) is 4.98 Å². The van der Waals surface area contributed by atoms with E-state index in [0.717, 1.165) is 5.76 Å². The van der Waals surface area contributed by atoms with Gasteiger partial charge >= 0.3 is 6.09 Å². The molecule has 0 aromatic carbocycles. The first-order valence-electron chi connectivity index (χ1n) is 8.32. The molecule has 25 heavy (non-hydrogen) atoms. The maximum Gasteiger partial charge on any atom is 0.410 e. The molecule has 2 aromatic heterocycles. The fourth-order valence-electron chi connectivity index (χ4n) is 2.47. The van der Waals surface area contributed by atoms with E-state index in [-0.39, 0.29) is 6.09 Å². The van der Waals surface area contributed by atoms with E-state index in [0.29, 0.717) is 44.6 Å². The number of amides is 1. The van der Waals surface area contributed by atoms with E-state index in [2.05, 4.69) is 20.5 Å². The highest BCUT2D eigenvalue weighted by atomic mass is 16.6. The van der Waals surface area contributed by atoms with Gasteiger partial charge in [0.15, 0.2) is 0 Å². The number of nitrogens with zero attached hydrogens (tertiary/aromatic N) is 4. The van der Waals surface area contributed by atoms with Crippen molar-refractivity contribution < 1.29 is 13.9 Å². The topological polar surface area (TPSA) is 99.5 Å². The van der Waals surface area contributed by atoms with Gasteiger partial charge < -0.3 is 24.3 Å². The molecule has 3 heterocycles. The molecule has 1 aliphatic heterocycles. The van der Waals surface area contributed by atoms with E-state index in [1.54, 1.807) is 11.2 Å². The predicted octanol–water partition coefficient (Wildman–Crippen LogP) is 2.07. The lowest BCUT2D eigenvalue weighted by molar-refractivity contribution is 0.0240. The Morgan fingerprint density at radius 1 is 1.36 bits per heavy atom. The van der Waals surface area contributed by atoms with Crippen molar-refractivity contribution in [1.82, 2.24) is 20.1 Å². The molecule has 0 radical (unpaired) electrons. The molecule has 0 atom stereocenters. The van der Waals surface area contributed by atoms with Gasteiger partial charge in [-0.15, -0.1) is 5.10 Å². The lowest BCUT2D eigenvalue weighted by Crippen LogP contribution is -2.50. The molecule has 0 bridgehead atoms. The van der Waals surface area contributed by atoms with E-state index in [1.165, 1.54) is 0 Å². The zero-order valence-corrected chi connectivity index (χ0v) is 14.8. The summed E-state index contributed by atoms with van der Waals surface area (Å²) in [6, 6.07) is 3.73. The maximum atomic E-state index is 12.1. The van der Waals surface area contributed by atoms with Crippen molar-refractivity contribution in [2.24, 2.45) is 0 Å². The largest absolute Gasteiger partial charge is 0.467 e. The van der Waals surface area contributed by atoms with Gasteiger partial charge in [0.05, 0.1) is 12.8 Å². The Morgan fingerprint density at radius 3 is 2.76 bits per heavy atom. The molecule has 0 unspecified atom stereocenters. The van der Waals surface area contributed by atoms with E-state index in [1.807, 2.05) is 37.8 Å². The van der Waals surface area contributed by atoms with Crippen molar-refractivity contribution >= 4 is 18.0 Å². The van der Waals surface area contributed by atoms with Gasteiger partial charge in [-0.25, -0.2) is 9.89 Å². The first kappa shape index (κ1) is 17.1. The van der Waals surface area contributed by atoms with Gasteiger partial charge in [0, 0.05) is 26.2 Å². The van der Waals surface area contributed by atoms with Crippen molar-refractivity contribution in [2.75, 3.05) is 36.4 Å². The van der Waals surface area contributed by atoms with Crippen molar-refractivity contribution in [1.29, 1.82) is 0 Å². The van der Waals surface area contributed by atoms with Crippen LogP contribution in [0.5, 0.6) is 0 Å². The van der Waals surface area contributed by atoms with Crippen molar-refractivity contribution in [3.05, 3.63) is 24.2 Å². The summed E-state index contributed by atoms with van der Waals surface area (Å²) in [6.45, 7) is 8.62. The first-order chi connectivity index (χ1) is 11.9. The van der Waals surface area contributed by atoms with Crippen LogP contribution < -0.4 is 10.2 Å². The Kier molecular flexibility index (Phi) is 4.82. The zero-order valence-electron chi connectivity index (χ0n) is 14.8. The number of ether oxygens (including phenoxy) is 1. The Balaban J connectivity index is 1.49. The molecule has 2 N–H and O–H groups in total. The lowest BCUT2D eigenvalue weighted by Gasteiger charge is -2.35. The number of rotatable bonds is 4. The third kappa shape index (κ3) is 4.65. The summed E-state index contributed by atoms with van der Waals surface area (Å²) in [6.07, 6.45) is 1.36. The second-order valence-corrected chi connectivity index (χ2v) is 6.87. The van der Waals surface area contributed by atoms with Crippen LogP contribution in [0.15, 0.2) is 22.8 Å². The quantitative estimate of drug-likeness (QED) is 0.872. The highest BCUT2D eigenvalue weighted by Crippen LogP contribution is 2.16. The Labute approximate surface area is 146 Å². The van der Waals surface area contributed by atoms with Crippen molar-refractivity contribution in [3.8, 4) is 0 Å². The van der Waals surface area contributed by atoms with Crippen LogP contribution in [0.25, 0.3) is 0 Å². The molecular formula is C16H24N6O3. The van der Waals surface area contributed by atoms with Crippen LogP contribution in [-0.2, 0) is 11.3 Å². The van der Waals surface area contributed by atoms with E-state index >= 15 is 0 Å². The standard InChI is InChI=1S/C16H24N6O3/c1-16(2,3)25-15(23)22-8-6-21(7-9-22)14-18-13(19-20-14)17-11-12-5-4-10-24-12/h4-5,10H,6-9,11H2,1-3H3,(H2,17,18,19,20). The summed E-state index contributed by atoms with van der Waals surface area (Å²) in [7, 11) is 0. The van der Waals surface area contributed by atoms with Crippen LogP contribution >= 0.6 is 0 Å². The normalized spacial score (nSPS) is 15.3. The number of carbonyl (C=O) groups is 1. The molecule has 1 aliphatic rings. The molecule has 9 nitrogen and oxygen atoms in total. The smallest absolute Gasteiger partial charge is 0.410 e. The summed E-state index contributed by atoms with van der Waals surface area (Å²) >= 11 is 0. The first-order valence-corrected chi connectivity index (χ1v) is 8.32. The van der Waals surface area contributed by atoms with Crippen LogP contribution in [0, 0.1) is 0 Å². The summed E-state index contributed by atoms with van der Waals surface area (Å²) in [5.74, 6) is 2.02. The Bertz CT molecular complexity index is 683. The number of carbonyl (C=O) groups excluding carboxylic acids is 1. The van der Waals surface area contributed by atoms with E-state index in [4.69, 9.17) is 9.15 Å². The Hall–Kier alpha value is -2.71. The van der Waals surface area contributed by atoms with Gasteiger partial charge in [-0.3, -0.25) is 0 Å². The van der Waals surface area contributed by atoms with Crippen LogP contribution in [0.1, 0.15) is 26.5 Å². The van der Waals surface area contributed by atoms with Gasteiger partial charge in [0.2, 0.25) is 11.9 Å². The molecule has 1 amide bonds. The Morgan fingerprint density at radius 2 is 2.12 bits per heavy atom. The minimum Gasteiger partial charge on any atom is -0.467 e. The van der Waals surface area contributed by atoms with Crippen LogP contribution in [-0.4, -0.2) is 58.0 Å². The van der Waals surface area contributed by atoms with Gasteiger partial charge in [0.25, 0.3) is 0 Å². The molecule has 3 rings (SSSR count). The average molecular weight is 348 g/mol. The minimum atomic E-state index is -0.480. The third-order valence-electron chi connectivity index (χ3n) is 3.70. The monoisotopic (exact) mass is 348 g/mol. The van der Waals surface area contributed by atoms with Gasteiger partial charge in [-0.1, -0.05) is 0 Å². The fourth-order valence-corrected chi connectivity index (χ4v) is 2.47. The summed E-state index contributed by atoms with van der Waals surface area (Å²) < 4.78 is 10.7. The third-order valence-corrected chi connectivity index (χ3v) is 3.70. The molecule has 0 saturated carbocycles. The minimum absolute atomic E-state index is 0.275. The summed E-state index contributed by atoms with van der Waals surface area (Å²) in [5.41, 5.74) is -0.480. The number of piperazine rings is 1. The highest BCUT2D eigenvalue weighted by molar-refractivity contribution is 5.68. The molecule has 0 aliphatic carbocycles. The number of aromatic nitrogens is 3. The van der Waals surface area contributed by atoms with Crippen LogP contribution in [0.2, 0.25) is 0 Å². The SMILES string of the molecule is CC(C)(C)OC(=O)N1CCN(c2n[nH]c(NCc3ccco3)n2)CC1. The number of nitrogens with one attached hydrogen (secondary N) is 2. The molecule has 1 fully saturated rings. The van der Waals surface area contributed by atoms with Crippen LogP contribution in [0.4, 0.5) is 16.7 Å². The van der Waals surface area contributed by atoms with Crippen molar-refractivity contribution in [3.63, 3.8) is 0 Å². The number of H-pyrrole nitrogens is 1. The number of furan rings is 1. The maximum absolute atomic E-state index is 12.1. The van der Waals surface area contributed by atoms with E-state index < -0.39 is 5.60 Å². The molecule has 136 valence electrons. The zero-order chi connectivity index (χ0) is 17.9. The lowest BCUT2D eigenvalue weighted by atomic mass is 10.2. The number of anilines is 2. The average Bonchev–Trinajstić information content (AvgIpc) is 3.23. The summed E-state index contributed by atoms with van der Waals surface area (Å²) in [4.78, 5) is 20.3. The number of hydrogen-bond donors (Lipinski definition) is 2. The molecular weight excluding hydrogens is 324 g/mol. The fraction of sp³-hybridized carbons (Fsp3) is 0.562. The highest BCUT2D eigenvalue weighted by Gasteiger charge is 2.27. The number of hydrogen-bond acceptors (Lipinski definition) is 7. The predicted molar refractivity (Wildman–Crippen MR) is 92.4 cm³/mol. The summed E-state index contributed by atoms with van der Waals surface area (Å²) in [5, 5.41) is 10.2. The van der Waals surface area contributed by atoms with Crippen molar-refractivity contribution in [2.45, 2.75) is 32.9 Å². The van der Waals surface area contributed by atoms with E-state index in [9.17, 15) is 4.79 Å². The second kappa shape index (κ2) is 7.04. The van der Waals surface area contributed by atoms with Gasteiger partial charge in [-0.05, 0) is 32.9 Å². The molecule has 2 aromatic rings. The second-order valence-electron chi connectivity index (χ2n) is 6.87. The molecule has 9 heteroatoms. The number of aromatic amines is 1. The van der Waals surface area contributed by atoms with Gasteiger partial charge in [0.1, 0.15) is 11.4 Å². The molecule has 1 saturated heterocycles. The van der Waals surface area contributed by atoms with Crippen LogP contribution in [0.3, 0.4) is 0 Å².